The van der Waals surface area contributed by atoms with E-state index in [-0.39, 0.29) is 37.1 Å². The number of aromatic nitrogens is 2. The minimum Gasteiger partial charge on any atom is -0.465 e. The SMILES string of the molecule is CCCCN(C(=O)CN(C)[C@H](C)C(=O)OCC)c1c(N)n(CC(C)C)c(=O)[nH]c1=O. The molecule has 0 aliphatic rings. The van der Waals surface area contributed by atoms with Gasteiger partial charge < -0.3 is 15.4 Å². The van der Waals surface area contributed by atoms with Crippen LogP contribution >= 0.6 is 0 Å². The number of nitrogens with zero attached hydrogens (tertiary/aromatic N) is 3. The van der Waals surface area contributed by atoms with E-state index in [1.54, 1.807) is 25.8 Å². The maximum Gasteiger partial charge on any atom is 0.330 e. The zero-order valence-corrected chi connectivity index (χ0v) is 18.9. The first-order chi connectivity index (χ1) is 14.0. The molecule has 3 N–H and O–H groups in total. The number of aromatic amines is 1. The van der Waals surface area contributed by atoms with Crippen molar-refractivity contribution < 1.29 is 14.3 Å². The summed E-state index contributed by atoms with van der Waals surface area (Å²) in [5.74, 6) is -0.757. The molecule has 10 heteroatoms. The number of carbonyl (C=O) groups excluding carboxylic acids is 2. The van der Waals surface area contributed by atoms with Crippen LogP contribution < -0.4 is 21.9 Å². The number of ether oxygens (including phenoxy) is 1. The lowest BCUT2D eigenvalue weighted by molar-refractivity contribution is -0.148. The first kappa shape index (κ1) is 25.4. The minimum atomic E-state index is -0.706. The molecule has 30 heavy (non-hydrogen) atoms. The van der Waals surface area contributed by atoms with Crippen LogP contribution in [0.25, 0.3) is 0 Å². The third kappa shape index (κ3) is 6.45. The largest absolute Gasteiger partial charge is 0.465 e. The second kappa shape index (κ2) is 11.5. The fourth-order valence-electron chi connectivity index (χ4n) is 2.94. The predicted molar refractivity (Wildman–Crippen MR) is 117 cm³/mol. The number of amides is 1. The molecule has 1 aromatic rings. The first-order valence-electron chi connectivity index (χ1n) is 10.3. The van der Waals surface area contributed by atoms with Gasteiger partial charge in [0.05, 0.1) is 13.2 Å². The summed E-state index contributed by atoms with van der Waals surface area (Å²) in [5.41, 5.74) is 4.84. The van der Waals surface area contributed by atoms with Gasteiger partial charge in [0.15, 0.2) is 5.69 Å². The Bertz CT molecular complexity index is 845. The van der Waals surface area contributed by atoms with Crippen molar-refractivity contribution in [1.29, 1.82) is 0 Å². The number of esters is 1. The molecule has 0 fully saturated rings. The van der Waals surface area contributed by atoms with Crippen molar-refractivity contribution in [3.05, 3.63) is 20.8 Å². The average molecular weight is 426 g/mol. The predicted octanol–water partition coefficient (Wildman–Crippen LogP) is 0.791. The highest BCUT2D eigenvalue weighted by Crippen LogP contribution is 2.19. The second-order valence-electron chi connectivity index (χ2n) is 7.74. The van der Waals surface area contributed by atoms with E-state index in [9.17, 15) is 19.2 Å². The molecule has 170 valence electrons. The number of unbranched alkanes of at least 4 members (excludes halogenated alkanes) is 1. The number of nitrogens with one attached hydrogen (secondary N) is 1. The van der Waals surface area contributed by atoms with Crippen LogP contribution in [-0.4, -0.2) is 59.1 Å². The molecule has 0 saturated heterocycles. The molecule has 0 aliphatic carbocycles. The number of nitrogens with two attached hydrogens (primary N) is 1. The van der Waals surface area contributed by atoms with E-state index >= 15 is 0 Å². The Morgan fingerprint density at radius 3 is 2.37 bits per heavy atom. The molecule has 1 heterocycles. The van der Waals surface area contributed by atoms with E-state index in [1.165, 1.54) is 9.47 Å². The lowest BCUT2D eigenvalue weighted by Crippen LogP contribution is -2.48. The summed E-state index contributed by atoms with van der Waals surface area (Å²) in [7, 11) is 1.63. The van der Waals surface area contributed by atoms with E-state index in [0.717, 1.165) is 6.42 Å². The van der Waals surface area contributed by atoms with Gasteiger partial charge in [-0.15, -0.1) is 0 Å². The standard InChI is InChI=1S/C20H35N5O5/c1-7-9-10-24(15(26)12-23(6)14(5)19(28)30-8-2)16-17(21)25(11-13(3)4)20(29)22-18(16)27/h13-14H,7-12,21H2,1-6H3,(H,22,27,29)/t14-/m1/s1. The molecule has 1 rings (SSSR count). The van der Waals surface area contributed by atoms with Crippen LogP contribution in [0.5, 0.6) is 0 Å². The number of H-pyrrole nitrogens is 1. The molecule has 0 spiro atoms. The van der Waals surface area contributed by atoms with Gasteiger partial charge in [-0.05, 0) is 33.2 Å². The summed E-state index contributed by atoms with van der Waals surface area (Å²) in [6.45, 7) is 9.86. The van der Waals surface area contributed by atoms with Crippen molar-refractivity contribution in [2.75, 3.05) is 37.4 Å². The Morgan fingerprint density at radius 1 is 1.20 bits per heavy atom. The smallest absolute Gasteiger partial charge is 0.330 e. The monoisotopic (exact) mass is 425 g/mol. The molecule has 1 aromatic heterocycles. The van der Waals surface area contributed by atoms with Gasteiger partial charge in [-0.3, -0.25) is 28.8 Å². The number of hydrogen-bond acceptors (Lipinski definition) is 7. The summed E-state index contributed by atoms with van der Waals surface area (Å²) in [5, 5.41) is 0. The summed E-state index contributed by atoms with van der Waals surface area (Å²) in [6, 6.07) is -0.632. The van der Waals surface area contributed by atoms with E-state index in [4.69, 9.17) is 10.5 Å². The Morgan fingerprint density at radius 2 is 1.83 bits per heavy atom. The van der Waals surface area contributed by atoms with Crippen LogP contribution in [0.2, 0.25) is 0 Å². The van der Waals surface area contributed by atoms with Crippen LogP contribution in [0, 0.1) is 5.92 Å². The van der Waals surface area contributed by atoms with Crippen molar-refractivity contribution >= 4 is 23.4 Å². The van der Waals surface area contributed by atoms with Crippen molar-refractivity contribution in [3.8, 4) is 0 Å². The Kier molecular flexibility index (Phi) is 9.77. The highest BCUT2D eigenvalue weighted by molar-refractivity contribution is 5.97. The molecule has 0 unspecified atom stereocenters. The van der Waals surface area contributed by atoms with Gasteiger partial charge in [-0.1, -0.05) is 27.2 Å². The Hall–Kier alpha value is -2.62. The van der Waals surface area contributed by atoms with Crippen molar-refractivity contribution in [1.82, 2.24) is 14.5 Å². The molecule has 0 saturated carbocycles. The molecule has 0 radical (unpaired) electrons. The maximum atomic E-state index is 13.1. The summed E-state index contributed by atoms with van der Waals surface area (Å²) in [4.78, 5) is 55.0. The average Bonchev–Trinajstić information content (AvgIpc) is 2.66. The number of likely N-dealkylation sites (N-methyl/N-ethyl adjacent to an activating group) is 1. The molecular formula is C20H35N5O5. The fourth-order valence-corrected chi connectivity index (χ4v) is 2.94. The summed E-state index contributed by atoms with van der Waals surface area (Å²) in [6.07, 6.45) is 1.44. The number of nitrogen functional groups attached to an aromatic ring is 1. The van der Waals surface area contributed by atoms with Gasteiger partial charge >= 0.3 is 11.7 Å². The highest BCUT2D eigenvalue weighted by atomic mass is 16.5. The van der Waals surface area contributed by atoms with Gasteiger partial charge in [-0.2, -0.15) is 0 Å². The normalized spacial score (nSPS) is 12.3. The number of anilines is 2. The zero-order valence-electron chi connectivity index (χ0n) is 18.9. The maximum absolute atomic E-state index is 13.1. The van der Waals surface area contributed by atoms with Gasteiger partial charge in [0, 0.05) is 13.1 Å². The van der Waals surface area contributed by atoms with E-state index < -0.39 is 29.2 Å². The van der Waals surface area contributed by atoms with E-state index in [1.807, 2.05) is 20.8 Å². The van der Waals surface area contributed by atoms with Gasteiger partial charge in [0.1, 0.15) is 11.9 Å². The number of carbonyl (C=O) groups is 2. The first-order valence-corrected chi connectivity index (χ1v) is 10.3. The summed E-state index contributed by atoms with van der Waals surface area (Å²) < 4.78 is 6.28. The van der Waals surface area contributed by atoms with Gasteiger partial charge in [0.25, 0.3) is 5.56 Å². The highest BCUT2D eigenvalue weighted by Gasteiger charge is 2.27. The molecule has 0 aromatic carbocycles. The van der Waals surface area contributed by atoms with Crippen LogP contribution in [0.15, 0.2) is 9.59 Å². The minimum absolute atomic E-state index is 0.0362. The van der Waals surface area contributed by atoms with Gasteiger partial charge in [-0.25, -0.2) is 4.79 Å². The van der Waals surface area contributed by atoms with Crippen LogP contribution in [0.4, 0.5) is 11.5 Å². The Balaban J connectivity index is 3.30. The van der Waals surface area contributed by atoms with Crippen LogP contribution in [0.1, 0.15) is 47.5 Å². The Labute approximate surface area is 177 Å². The summed E-state index contributed by atoms with van der Waals surface area (Å²) >= 11 is 0. The topological polar surface area (TPSA) is 131 Å². The number of hydrogen-bond donors (Lipinski definition) is 2. The second-order valence-corrected chi connectivity index (χ2v) is 7.74. The van der Waals surface area contributed by atoms with Crippen molar-refractivity contribution in [2.45, 2.75) is 60.0 Å². The zero-order chi connectivity index (χ0) is 23.0. The van der Waals surface area contributed by atoms with Crippen molar-refractivity contribution in [2.24, 2.45) is 5.92 Å². The fraction of sp³-hybridized carbons (Fsp3) is 0.700. The third-order valence-electron chi connectivity index (χ3n) is 4.74. The van der Waals surface area contributed by atoms with Crippen molar-refractivity contribution in [3.63, 3.8) is 0 Å². The lowest BCUT2D eigenvalue weighted by atomic mass is 10.2. The van der Waals surface area contributed by atoms with E-state index in [2.05, 4.69) is 4.98 Å². The molecular weight excluding hydrogens is 390 g/mol. The lowest BCUT2D eigenvalue weighted by Gasteiger charge is -2.28. The molecule has 0 bridgehead atoms. The van der Waals surface area contributed by atoms with Gasteiger partial charge in [0.2, 0.25) is 5.91 Å². The quantitative estimate of drug-likeness (QED) is 0.501. The molecule has 0 aliphatic heterocycles. The third-order valence-corrected chi connectivity index (χ3v) is 4.74. The number of rotatable bonds is 11. The molecule has 1 amide bonds. The van der Waals surface area contributed by atoms with Crippen LogP contribution in [-0.2, 0) is 20.9 Å². The van der Waals surface area contributed by atoms with E-state index in [0.29, 0.717) is 13.0 Å². The molecule has 10 nitrogen and oxygen atoms in total. The molecule has 1 atom stereocenters. The van der Waals surface area contributed by atoms with Crippen LogP contribution in [0.3, 0.4) is 0 Å².